The minimum absolute atomic E-state index is 0.00917. The number of primary sulfonamides is 1. The lowest BCUT2D eigenvalue weighted by Crippen LogP contribution is -2.24. The molecular formula is C11H14N2O4S. The fraction of sp³-hybridized carbons (Fsp3) is 0.273. The number of Topliss-reactive ketones (excluding diaryl/α,β-unsaturated/α-hetero) is 1. The summed E-state index contributed by atoms with van der Waals surface area (Å²) in [4.78, 5) is 22.4. The molecular weight excluding hydrogens is 256 g/mol. The van der Waals surface area contributed by atoms with Crippen LogP contribution >= 0.6 is 0 Å². The second-order valence-corrected chi connectivity index (χ2v) is 5.31. The molecule has 0 bridgehead atoms. The van der Waals surface area contributed by atoms with Crippen molar-refractivity contribution in [3.05, 3.63) is 23.8 Å². The maximum absolute atomic E-state index is 11.4. The molecule has 98 valence electrons. The minimum Gasteiger partial charge on any atom is -0.318 e. The van der Waals surface area contributed by atoms with E-state index in [1.54, 1.807) is 13.0 Å². The van der Waals surface area contributed by atoms with Gasteiger partial charge in [-0.25, -0.2) is 13.6 Å². The zero-order chi connectivity index (χ0) is 13.9. The Bertz CT molecular complexity index is 593. The number of anilines is 1. The van der Waals surface area contributed by atoms with Crippen molar-refractivity contribution in [2.45, 2.75) is 25.2 Å². The number of nitrogens with one attached hydrogen (secondary N) is 1. The molecule has 1 aromatic rings. The van der Waals surface area contributed by atoms with Crippen LogP contribution in [0.3, 0.4) is 0 Å². The summed E-state index contributed by atoms with van der Waals surface area (Å²) < 4.78 is 22.7. The average Bonchev–Trinajstić information content (AvgIpc) is 2.28. The second kappa shape index (κ2) is 5.28. The maximum atomic E-state index is 11.4. The highest BCUT2D eigenvalue weighted by molar-refractivity contribution is 7.89. The molecule has 0 atom stereocenters. The average molecular weight is 270 g/mol. The lowest BCUT2D eigenvalue weighted by atomic mass is 10.2. The van der Waals surface area contributed by atoms with Gasteiger partial charge in [-0.05, 0) is 24.6 Å². The highest BCUT2D eigenvalue weighted by Gasteiger charge is 2.18. The van der Waals surface area contributed by atoms with E-state index in [4.69, 9.17) is 5.14 Å². The maximum Gasteiger partial charge on any atom is 0.291 e. The van der Waals surface area contributed by atoms with E-state index in [-0.39, 0.29) is 17.0 Å². The van der Waals surface area contributed by atoms with E-state index >= 15 is 0 Å². The van der Waals surface area contributed by atoms with Crippen LogP contribution in [0, 0.1) is 6.92 Å². The molecule has 1 amide bonds. The largest absolute Gasteiger partial charge is 0.318 e. The molecule has 0 spiro atoms. The van der Waals surface area contributed by atoms with E-state index < -0.39 is 21.7 Å². The fourth-order valence-corrected chi connectivity index (χ4v) is 2.10. The molecule has 1 rings (SSSR count). The summed E-state index contributed by atoms with van der Waals surface area (Å²) in [7, 11) is -3.96. The summed E-state index contributed by atoms with van der Waals surface area (Å²) in [5, 5.41) is 7.29. The Morgan fingerprint density at radius 3 is 2.44 bits per heavy atom. The number of hydrogen-bond donors (Lipinski definition) is 2. The number of sulfonamides is 1. The SMILES string of the molecule is CCC(=O)C(=O)Nc1ccc(C)cc1S(N)(=O)=O. The number of nitrogens with two attached hydrogens (primary N) is 1. The number of carbonyl (C=O) groups is 2. The van der Waals surface area contributed by atoms with Gasteiger partial charge < -0.3 is 5.32 Å². The van der Waals surface area contributed by atoms with Crippen molar-refractivity contribution in [1.29, 1.82) is 0 Å². The molecule has 6 nitrogen and oxygen atoms in total. The van der Waals surface area contributed by atoms with Crippen LogP contribution in [-0.2, 0) is 19.6 Å². The third-order valence-electron chi connectivity index (χ3n) is 2.27. The molecule has 18 heavy (non-hydrogen) atoms. The number of aryl methyl sites for hydroxylation is 1. The Hall–Kier alpha value is -1.73. The quantitative estimate of drug-likeness (QED) is 0.779. The number of rotatable bonds is 4. The van der Waals surface area contributed by atoms with Crippen LogP contribution in [0.5, 0.6) is 0 Å². The van der Waals surface area contributed by atoms with Crippen LogP contribution in [0.15, 0.2) is 23.1 Å². The molecule has 0 aliphatic carbocycles. The van der Waals surface area contributed by atoms with Crippen LogP contribution in [0.25, 0.3) is 0 Å². The summed E-state index contributed by atoms with van der Waals surface area (Å²) in [5.74, 6) is -1.48. The molecule has 0 radical (unpaired) electrons. The van der Waals surface area contributed by atoms with E-state index in [1.807, 2.05) is 0 Å². The second-order valence-electron chi connectivity index (χ2n) is 3.78. The molecule has 1 aromatic carbocycles. The Morgan fingerprint density at radius 2 is 1.94 bits per heavy atom. The van der Waals surface area contributed by atoms with E-state index in [0.29, 0.717) is 5.56 Å². The third kappa shape index (κ3) is 3.38. The molecule has 0 aromatic heterocycles. The van der Waals surface area contributed by atoms with Crippen molar-refractivity contribution in [3.63, 3.8) is 0 Å². The fourth-order valence-electron chi connectivity index (χ4n) is 1.32. The Labute approximate surface area is 105 Å². The van der Waals surface area contributed by atoms with Gasteiger partial charge in [0.1, 0.15) is 4.90 Å². The van der Waals surface area contributed by atoms with Crippen LogP contribution < -0.4 is 10.5 Å². The first kappa shape index (κ1) is 14.3. The summed E-state index contributed by atoms with van der Waals surface area (Å²) in [6, 6.07) is 4.35. The van der Waals surface area contributed by atoms with Gasteiger partial charge in [0, 0.05) is 6.42 Å². The Kier molecular flexibility index (Phi) is 4.20. The first-order valence-electron chi connectivity index (χ1n) is 5.23. The predicted octanol–water partition coefficient (Wildman–Crippen LogP) is 0.560. The molecule has 0 fully saturated rings. The topological polar surface area (TPSA) is 106 Å². The summed E-state index contributed by atoms with van der Waals surface area (Å²) in [6.45, 7) is 3.23. The molecule has 0 unspecified atom stereocenters. The van der Waals surface area contributed by atoms with Gasteiger partial charge in [-0.3, -0.25) is 9.59 Å². The van der Waals surface area contributed by atoms with Crippen molar-refractivity contribution < 1.29 is 18.0 Å². The zero-order valence-corrected chi connectivity index (χ0v) is 10.9. The summed E-state index contributed by atoms with van der Waals surface area (Å²) >= 11 is 0. The smallest absolute Gasteiger partial charge is 0.291 e. The third-order valence-corrected chi connectivity index (χ3v) is 3.22. The van der Waals surface area contributed by atoms with Gasteiger partial charge in [-0.1, -0.05) is 13.0 Å². The van der Waals surface area contributed by atoms with Gasteiger partial charge >= 0.3 is 0 Å². The van der Waals surface area contributed by atoms with Crippen molar-refractivity contribution in [2.75, 3.05) is 5.32 Å². The number of amides is 1. The number of hydrogen-bond acceptors (Lipinski definition) is 4. The number of ketones is 1. The Morgan fingerprint density at radius 1 is 1.33 bits per heavy atom. The molecule has 0 aliphatic heterocycles. The zero-order valence-electron chi connectivity index (χ0n) is 10.1. The van der Waals surface area contributed by atoms with Crippen molar-refractivity contribution >= 4 is 27.4 Å². The van der Waals surface area contributed by atoms with Gasteiger partial charge in [-0.2, -0.15) is 0 Å². The first-order chi connectivity index (χ1) is 8.25. The van der Waals surface area contributed by atoms with Crippen molar-refractivity contribution in [2.24, 2.45) is 5.14 Å². The lowest BCUT2D eigenvalue weighted by Gasteiger charge is -2.09. The highest BCUT2D eigenvalue weighted by Crippen LogP contribution is 2.21. The van der Waals surface area contributed by atoms with Crippen LogP contribution in [0.4, 0.5) is 5.69 Å². The first-order valence-corrected chi connectivity index (χ1v) is 6.78. The van der Waals surface area contributed by atoms with Crippen LogP contribution in [-0.4, -0.2) is 20.1 Å². The monoisotopic (exact) mass is 270 g/mol. The van der Waals surface area contributed by atoms with Gasteiger partial charge in [0.05, 0.1) is 5.69 Å². The van der Waals surface area contributed by atoms with E-state index in [0.717, 1.165) is 0 Å². The van der Waals surface area contributed by atoms with Crippen molar-refractivity contribution in [1.82, 2.24) is 0 Å². The molecule has 0 saturated heterocycles. The molecule has 0 heterocycles. The van der Waals surface area contributed by atoms with E-state index in [9.17, 15) is 18.0 Å². The van der Waals surface area contributed by atoms with Gasteiger partial charge in [-0.15, -0.1) is 0 Å². The molecule has 3 N–H and O–H groups in total. The van der Waals surface area contributed by atoms with Gasteiger partial charge in [0.2, 0.25) is 15.8 Å². The van der Waals surface area contributed by atoms with E-state index in [1.165, 1.54) is 19.1 Å². The van der Waals surface area contributed by atoms with Crippen LogP contribution in [0.1, 0.15) is 18.9 Å². The van der Waals surface area contributed by atoms with E-state index in [2.05, 4.69) is 5.32 Å². The predicted molar refractivity (Wildman–Crippen MR) is 66.5 cm³/mol. The normalized spacial score (nSPS) is 11.1. The number of carbonyl (C=O) groups excluding carboxylic acids is 2. The molecule has 0 aliphatic rings. The molecule has 7 heteroatoms. The highest BCUT2D eigenvalue weighted by atomic mass is 32.2. The molecule has 0 saturated carbocycles. The standard InChI is InChI=1S/C11H14N2O4S/c1-3-9(14)11(15)13-8-5-4-7(2)6-10(8)18(12,16)17/h4-6H,3H2,1-2H3,(H,13,15)(H2,12,16,17). The van der Waals surface area contributed by atoms with Crippen molar-refractivity contribution in [3.8, 4) is 0 Å². The lowest BCUT2D eigenvalue weighted by molar-refractivity contribution is -0.134. The Balaban J connectivity index is 3.18. The summed E-state index contributed by atoms with van der Waals surface area (Å²) in [6.07, 6.45) is 0.0441. The minimum atomic E-state index is -3.96. The summed E-state index contributed by atoms with van der Waals surface area (Å²) in [5.41, 5.74) is 0.689. The van der Waals surface area contributed by atoms with Crippen LogP contribution in [0.2, 0.25) is 0 Å². The number of benzene rings is 1. The van der Waals surface area contributed by atoms with Gasteiger partial charge in [0.25, 0.3) is 5.91 Å². The van der Waals surface area contributed by atoms with Gasteiger partial charge in [0.15, 0.2) is 0 Å².